The summed E-state index contributed by atoms with van der Waals surface area (Å²) in [6, 6.07) is 0. The average molecular weight is 585 g/mol. The minimum atomic E-state index is -5.14. The van der Waals surface area contributed by atoms with Crippen LogP contribution in [-0.4, -0.2) is 67.7 Å². The molecule has 1 heterocycles. The van der Waals surface area contributed by atoms with Crippen molar-refractivity contribution in [2.45, 2.75) is 108 Å². The molecule has 1 saturated heterocycles. The number of aliphatic hydroxyl groups excluding tert-OH is 1. The van der Waals surface area contributed by atoms with Gasteiger partial charge in [-0.05, 0) is 32.1 Å². The first-order chi connectivity index (χ1) is 18.1. The van der Waals surface area contributed by atoms with Crippen LogP contribution in [0.3, 0.4) is 0 Å². The quantitative estimate of drug-likeness (QED) is 0.0579. The van der Waals surface area contributed by atoms with Gasteiger partial charge in [0.15, 0.2) is 5.25 Å². The summed E-state index contributed by atoms with van der Waals surface area (Å²) in [4.78, 5) is 36.1. The van der Waals surface area contributed by atoms with Gasteiger partial charge in [-0.15, -0.1) is 0 Å². The number of allylic oxidation sites excluding steroid dienone is 2. The standard InChI is InChI=1S/C27H46O10S.Na/c1-2-3-4-5-6-7-8-9-10-11-12-13-14-15-16-17-24(29)35-20-27(19-28)21-36-25(30)18-23(38(32,33)34)26(31)37-22-27;/h9-10,23,28H,2-8,11-22H2,1H3,(H,32,33,34);/q;+1/p-1/b10-9-;. The zero-order chi connectivity index (χ0) is 28.3. The van der Waals surface area contributed by atoms with Crippen LogP contribution in [0.4, 0.5) is 0 Å². The van der Waals surface area contributed by atoms with E-state index in [9.17, 15) is 32.5 Å². The average Bonchev–Trinajstić information content (AvgIpc) is 2.94. The molecule has 39 heavy (non-hydrogen) atoms. The number of carbonyl (C=O) groups excluding carboxylic acids is 3. The molecule has 2 unspecified atom stereocenters. The van der Waals surface area contributed by atoms with Gasteiger partial charge >= 0.3 is 47.5 Å². The van der Waals surface area contributed by atoms with Crippen LogP contribution in [-0.2, 0) is 38.7 Å². The monoisotopic (exact) mass is 584 g/mol. The Kier molecular flexibility index (Phi) is 21.2. The van der Waals surface area contributed by atoms with E-state index in [0.717, 1.165) is 38.5 Å². The molecule has 0 amide bonds. The Morgan fingerprint density at radius 3 is 2.08 bits per heavy atom. The van der Waals surface area contributed by atoms with E-state index in [4.69, 9.17) is 14.2 Å². The Morgan fingerprint density at radius 1 is 0.974 bits per heavy atom. The van der Waals surface area contributed by atoms with E-state index in [1.807, 2.05) is 0 Å². The summed E-state index contributed by atoms with van der Waals surface area (Å²) in [5, 5.41) is 7.59. The van der Waals surface area contributed by atoms with Crippen LogP contribution >= 0.6 is 0 Å². The molecule has 0 aromatic heterocycles. The fraction of sp³-hybridized carbons (Fsp3) is 0.815. The van der Waals surface area contributed by atoms with Gasteiger partial charge in [-0.3, -0.25) is 14.4 Å². The third-order valence-electron chi connectivity index (χ3n) is 6.54. The summed E-state index contributed by atoms with van der Waals surface area (Å²) in [5.41, 5.74) is -1.45. The van der Waals surface area contributed by atoms with Crippen molar-refractivity contribution in [2.75, 3.05) is 26.4 Å². The summed E-state index contributed by atoms with van der Waals surface area (Å²) in [7, 11) is -5.14. The molecule has 10 nitrogen and oxygen atoms in total. The molecule has 2 atom stereocenters. The Morgan fingerprint density at radius 2 is 1.51 bits per heavy atom. The van der Waals surface area contributed by atoms with Crippen molar-refractivity contribution in [1.29, 1.82) is 0 Å². The second-order valence-electron chi connectivity index (χ2n) is 10.1. The van der Waals surface area contributed by atoms with Gasteiger partial charge in [-0.25, -0.2) is 8.42 Å². The van der Waals surface area contributed by atoms with E-state index in [1.54, 1.807) is 0 Å². The molecule has 1 N–H and O–H groups in total. The molecule has 0 aromatic carbocycles. The van der Waals surface area contributed by atoms with Crippen LogP contribution in [0.5, 0.6) is 0 Å². The van der Waals surface area contributed by atoms with Gasteiger partial charge in [-0.2, -0.15) is 0 Å². The molecule has 12 heteroatoms. The zero-order valence-electron chi connectivity index (χ0n) is 23.7. The molecule has 0 aliphatic carbocycles. The maximum absolute atomic E-state index is 12.2. The minimum Gasteiger partial charge on any atom is -0.747 e. The van der Waals surface area contributed by atoms with Crippen LogP contribution in [0.15, 0.2) is 12.2 Å². The van der Waals surface area contributed by atoms with Crippen LogP contribution in [0.2, 0.25) is 0 Å². The molecule has 0 bridgehead atoms. The fourth-order valence-electron chi connectivity index (χ4n) is 3.97. The fourth-order valence-corrected chi connectivity index (χ4v) is 4.62. The second-order valence-corrected chi connectivity index (χ2v) is 11.7. The largest absolute Gasteiger partial charge is 1.00 e. The van der Waals surface area contributed by atoms with E-state index < -0.39 is 71.5 Å². The van der Waals surface area contributed by atoms with E-state index >= 15 is 0 Å². The summed E-state index contributed by atoms with van der Waals surface area (Å²) >= 11 is 0. The molecular formula is C27H45NaO10S. The van der Waals surface area contributed by atoms with Gasteiger partial charge in [0.2, 0.25) is 0 Å². The molecule has 1 aliphatic heterocycles. The molecule has 1 aliphatic rings. The van der Waals surface area contributed by atoms with Crippen molar-refractivity contribution in [3.05, 3.63) is 12.2 Å². The van der Waals surface area contributed by atoms with E-state index in [0.29, 0.717) is 6.42 Å². The molecule has 0 radical (unpaired) electrons. The van der Waals surface area contributed by atoms with Crippen LogP contribution in [0.25, 0.3) is 0 Å². The number of aliphatic hydroxyl groups is 1. The molecular weight excluding hydrogens is 539 g/mol. The predicted octanol–water partition coefficient (Wildman–Crippen LogP) is 0.954. The van der Waals surface area contributed by atoms with Crippen LogP contribution in [0.1, 0.15) is 103 Å². The van der Waals surface area contributed by atoms with Crippen molar-refractivity contribution >= 4 is 28.0 Å². The molecule has 0 aromatic rings. The maximum Gasteiger partial charge on any atom is 1.00 e. The number of carbonyl (C=O) groups is 3. The van der Waals surface area contributed by atoms with E-state index in [-0.39, 0.29) is 36.0 Å². The first-order valence-corrected chi connectivity index (χ1v) is 15.3. The first kappa shape index (κ1) is 38.0. The number of unbranched alkanes of at least 4 members (excludes halogenated alkanes) is 11. The van der Waals surface area contributed by atoms with Gasteiger partial charge in [-0.1, -0.05) is 70.4 Å². The van der Waals surface area contributed by atoms with Crippen molar-refractivity contribution in [1.82, 2.24) is 0 Å². The molecule has 0 saturated carbocycles. The van der Waals surface area contributed by atoms with E-state index in [2.05, 4.69) is 19.1 Å². The number of rotatable bonds is 19. The second kappa shape index (κ2) is 21.7. The Bertz CT molecular complexity index is 846. The summed E-state index contributed by atoms with van der Waals surface area (Å²) in [6.45, 7) is 0.112. The van der Waals surface area contributed by atoms with Crippen molar-refractivity contribution in [3.8, 4) is 0 Å². The van der Waals surface area contributed by atoms with Crippen LogP contribution in [0, 0.1) is 5.41 Å². The van der Waals surface area contributed by atoms with Crippen LogP contribution < -0.4 is 29.6 Å². The van der Waals surface area contributed by atoms with Gasteiger partial charge in [0.25, 0.3) is 0 Å². The van der Waals surface area contributed by atoms with Crippen molar-refractivity contribution < 1.29 is 76.2 Å². The summed E-state index contributed by atoms with van der Waals surface area (Å²) in [5.74, 6) is -3.02. The maximum atomic E-state index is 12.2. The van der Waals surface area contributed by atoms with Gasteiger partial charge < -0.3 is 23.9 Å². The SMILES string of the molecule is CCCCCCCC/C=C\CCCCCCCC(=O)OCC1(CO)COC(=O)CC(S(=O)(=O)[O-])C(=O)OC1.[Na+]. The molecule has 1 fully saturated rings. The number of ether oxygens (including phenoxy) is 3. The van der Waals surface area contributed by atoms with E-state index in [1.165, 1.54) is 38.5 Å². The molecule has 220 valence electrons. The Labute approximate surface area is 255 Å². The Hall–Kier alpha value is -0.980. The predicted molar refractivity (Wildman–Crippen MR) is 140 cm³/mol. The summed E-state index contributed by atoms with van der Waals surface area (Å²) < 4.78 is 48.8. The van der Waals surface area contributed by atoms with Gasteiger partial charge in [0, 0.05) is 6.42 Å². The number of hydrogen-bond donors (Lipinski definition) is 1. The number of hydrogen-bond acceptors (Lipinski definition) is 10. The smallest absolute Gasteiger partial charge is 0.747 e. The molecule has 0 spiro atoms. The zero-order valence-corrected chi connectivity index (χ0v) is 26.5. The first-order valence-electron chi connectivity index (χ1n) is 13.8. The third-order valence-corrected chi connectivity index (χ3v) is 7.60. The summed E-state index contributed by atoms with van der Waals surface area (Å²) in [6.07, 6.45) is 18.5. The number of cyclic esters (lactones) is 2. The normalized spacial score (nSPS) is 20.3. The van der Waals surface area contributed by atoms with Crippen molar-refractivity contribution in [2.24, 2.45) is 5.41 Å². The minimum absolute atomic E-state index is 0. The third kappa shape index (κ3) is 17.4. The molecule has 1 rings (SSSR count). The number of esters is 3. The van der Waals surface area contributed by atoms with Gasteiger partial charge in [0.1, 0.15) is 29.9 Å². The Balaban J connectivity index is 0.0000144. The topological polar surface area (TPSA) is 156 Å². The van der Waals surface area contributed by atoms with Crippen molar-refractivity contribution in [3.63, 3.8) is 0 Å². The van der Waals surface area contributed by atoms with Gasteiger partial charge in [0.05, 0.1) is 18.4 Å².